The molecule has 24 heavy (non-hydrogen) atoms. The van der Waals surface area contributed by atoms with Gasteiger partial charge in [-0.1, -0.05) is 25.4 Å². The maximum absolute atomic E-state index is 6.08. The molecule has 1 fully saturated rings. The molecular weight excluding hydrogens is 322 g/mol. The van der Waals surface area contributed by atoms with Gasteiger partial charge in [0.25, 0.3) is 0 Å². The Morgan fingerprint density at radius 2 is 2.25 bits per heavy atom. The predicted molar refractivity (Wildman–Crippen MR) is 103 cm³/mol. The SMILES string of the molecule is CN=C(NC[C@H]1CCCN1CC(C)C)N(C)Cc1cc(Cl)cn1C. The van der Waals surface area contributed by atoms with E-state index in [0.717, 1.165) is 30.0 Å². The van der Waals surface area contributed by atoms with Crippen LogP contribution >= 0.6 is 11.6 Å². The van der Waals surface area contributed by atoms with E-state index in [1.807, 2.05) is 26.4 Å². The first-order valence-electron chi connectivity index (χ1n) is 8.87. The fourth-order valence-electron chi connectivity index (χ4n) is 3.47. The molecule has 0 aliphatic carbocycles. The minimum Gasteiger partial charge on any atom is -0.355 e. The predicted octanol–water partition coefficient (Wildman–Crippen LogP) is 2.81. The van der Waals surface area contributed by atoms with Crippen molar-refractivity contribution in [1.29, 1.82) is 0 Å². The number of aryl methyl sites for hydroxylation is 1. The summed E-state index contributed by atoms with van der Waals surface area (Å²) in [6.45, 7) is 8.73. The molecule has 0 radical (unpaired) electrons. The molecular formula is C18H32ClN5. The lowest BCUT2D eigenvalue weighted by Gasteiger charge is -2.28. The molecule has 0 aromatic carbocycles. The molecule has 136 valence electrons. The number of nitrogens with one attached hydrogen (secondary N) is 1. The Morgan fingerprint density at radius 1 is 1.50 bits per heavy atom. The standard InChI is InChI=1S/C18H32ClN5/c1-14(2)11-24-8-6-7-16(24)10-21-18(20-3)23(5)13-17-9-15(19)12-22(17)4/h9,12,14,16H,6-8,10-11,13H2,1-5H3,(H,20,21)/t16-/m1/s1. The Labute approximate surface area is 151 Å². The highest BCUT2D eigenvalue weighted by Gasteiger charge is 2.25. The fraction of sp³-hybridized carbons (Fsp3) is 0.722. The van der Waals surface area contributed by atoms with Crippen LogP contribution in [0.4, 0.5) is 0 Å². The molecule has 1 aliphatic rings. The number of guanidine groups is 1. The number of aromatic nitrogens is 1. The molecule has 0 unspecified atom stereocenters. The van der Waals surface area contributed by atoms with Crippen LogP contribution in [-0.2, 0) is 13.6 Å². The molecule has 1 atom stereocenters. The third-order valence-corrected chi connectivity index (χ3v) is 4.85. The summed E-state index contributed by atoms with van der Waals surface area (Å²) >= 11 is 6.08. The van der Waals surface area contributed by atoms with Crippen molar-refractivity contribution in [3.05, 3.63) is 23.0 Å². The van der Waals surface area contributed by atoms with Crippen LogP contribution in [0.15, 0.2) is 17.3 Å². The Balaban J connectivity index is 1.88. The number of aliphatic imine (C=N–C) groups is 1. The molecule has 5 nitrogen and oxygen atoms in total. The third kappa shape index (κ3) is 5.15. The molecule has 0 spiro atoms. The molecule has 6 heteroatoms. The van der Waals surface area contributed by atoms with Gasteiger partial charge >= 0.3 is 0 Å². The molecule has 0 bridgehead atoms. The molecule has 1 N–H and O–H groups in total. The van der Waals surface area contributed by atoms with Crippen LogP contribution < -0.4 is 5.32 Å². The van der Waals surface area contributed by atoms with E-state index >= 15 is 0 Å². The van der Waals surface area contributed by atoms with Gasteiger partial charge in [0.1, 0.15) is 0 Å². The molecule has 1 aromatic heterocycles. The number of likely N-dealkylation sites (tertiary alicyclic amines) is 1. The van der Waals surface area contributed by atoms with E-state index in [-0.39, 0.29) is 0 Å². The normalized spacial score (nSPS) is 19.3. The van der Waals surface area contributed by atoms with E-state index < -0.39 is 0 Å². The first-order valence-corrected chi connectivity index (χ1v) is 9.25. The van der Waals surface area contributed by atoms with Gasteiger partial charge in [0.15, 0.2) is 5.96 Å². The Bertz CT molecular complexity index is 552. The lowest BCUT2D eigenvalue weighted by Crippen LogP contribution is -2.46. The van der Waals surface area contributed by atoms with Crippen LogP contribution in [0, 0.1) is 5.92 Å². The van der Waals surface area contributed by atoms with E-state index in [1.165, 1.54) is 31.6 Å². The van der Waals surface area contributed by atoms with Gasteiger partial charge in [0.05, 0.1) is 11.6 Å². The molecule has 0 saturated carbocycles. The average Bonchev–Trinajstić information content (AvgIpc) is 3.06. The van der Waals surface area contributed by atoms with Crippen LogP contribution in [0.5, 0.6) is 0 Å². The Morgan fingerprint density at radius 3 is 2.83 bits per heavy atom. The van der Waals surface area contributed by atoms with E-state index in [1.54, 1.807) is 0 Å². The summed E-state index contributed by atoms with van der Waals surface area (Å²) in [5.74, 6) is 1.65. The van der Waals surface area contributed by atoms with Crippen molar-refractivity contribution in [2.24, 2.45) is 18.0 Å². The van der Waals surface area contributed by atoms with Crippen LogP contribution in [0.2, 0.25) is 5.02 Å². The van der Waals surface area contributed by atoms with Gasteiger partial charge in [-0.05, 0) is 31.4 Å². The molecule has 0 amide bonds. The fourth-order valence-corrected chi connectivity index (χ4v) is 3.74. The number of hydrogen-bond donors (Lipinski definition) is 1. The van der Waals surface area contributed by atoms with Crippen molar-refractivity contribution in [3.8, 4) is 0 Å². The second-order valence-electron chi connectivity index (χ2n) is 7.23. The summed E-state index contributed by atoms with van der Waals surface area (Å²) in [5.41, 5.74) is 1.17. The number of halogens is 1. The first kappa shape index (κ1) is 19.1. The number of rotatable bonds is 6. The molecule has 1 aromatic rings. The van der Waals surface area contributed by atoms with Crippen LogP contribution in [0.25, 0.3) is 0 Å². The Kier molecular flexibility index (Phi) is 6.99. The van der Waals surface area contributed by atoms with Crippen molar-refractivity contribution in [1.82, 2.24) is 19.7 Å². The van der Waals surface area contributed by atoms with Gasteiger partial charge in [-0.3, -0.25) is 9.89 Å². The van der Waals surface area contributed by atoms with Crippen molar-refractivity contribution in [3.63, 3.8) is 0 Å². The topological polar surface area (TPSA) is 35.8 Å². The lowest BCUT2D eigenvalue weighted by molar-refractivity contribution is 0.225. The zero-order chi connectivity index (χ0) is 17.7. The highest BCUT2D eigenvalue weighted by molar-refractivity contribution is 6.30. The summed E-state index contributed by atoms with van der Waals surface area (Å²) in [7, 11) is 5.93. The first-order chi connectivity index (χ1) is 11.4. The highest BCUT2D eigenvalue weighted by Crippen LogP contribution is 2.18. The van der Waals surface area contributed by atoms with Crippen LogP contribution in [-0.4, -0.2) is 60.1 Å². The second-order valence-corrected chi connectivity index (χ2v) is 7.67. The van der Waals surface area contributed by atoms with Crippen molar-refractivity contribution < 1.29 is 0 Å². The Hall–Kier alpha value is -1.20. The van der Waals surface area contributed by atoms with Gasteiger partial charge < -0.3 is 14.8 Å². The summed E-state index contributed by atoms with van der Waals surface area (Å²) in [6.07, 6.45) is 4.51. The average molecular weight is 354 g/mol. The zero-order valence-corrected chi connectivity index (χ0v) is 16.5. The van der Waals surface area contributed by atoms with Crippen molar-refractivity contribution >= 4 is 17.6 Å². The van der Waals surface area contributed by atoms with Gasteiger partial charge in [-0.2, -0.15) is 0 Å². The van der Waals surface area contributed by atoms with Gasteiger partial charge in [-0.15, -0.1) is 0 Å². The largest absolute Gasteiger partial charge is 0.355 e. The van der Waals surface area contributed by atoms with E-state index in [2.05, 4.69) is 45.6 Å². The smallest absolute Gasteiger partial charge is 0.193 e. The zero-order valence-electron chi connectivity index (χ0n) is 15.7. The highest BCUT2D eigenvalue weighted by atomic mass is 35.5. The quantitative estimate of drug-likeness (QED) is 0.631. The third-order valence-electron chi connectivity index (χ3n) is 4.64. The van der Waals surface area contributed by atoms with E-state index in [0.29, 0.717) is 6.04 Å². The van der Waals surface area contributed by atoms with Crippen molar-refractivity contribution in [2.45, 2.75) is 39.3 Å². The van der Waals surface area contributed by atoms with E-state index in [9.17, 15) is 0 Å². The van der Waals surface area contributed by atoms with E-state index in [4.69, 9.17) is 11.6 Å². The molecule has 1 aliphatic heterocycles. The molecule has 2 heterocycles. The summed E-state index contributed by atoms with van der Waals surface area (Å²) in [4.78, 5) is 9.20. The second kappa shape index (κ2) is 8.77. The lowest BCUT2D eigenvalue weighted by atomic mass is 10.1. The van der Waals surface area contributed by atoms with Gasteiger partial charge in [-0.25, -0.2) is 0 Å². The minimum absolute atomic E-state index is 0.613. The van der Waals surface area contributed by atoms with Gasteiger partial charge in [0, 0.05) is 52.2 Å². The molecule has 2 rings (SSSR count). The maximum atomic E-state index is 6.08. The number of nitrogens with zero attached hydrogens (tertiary/aromatic N) is 4. The summed E-state index contributed by atoms with van der Waals surface area (Å²) < 4.78 is 2.06. The van der Waals surface area contributed by atoms with Crippen molar-refractivity contribution in [2.75, 3.05) is 33.7 Å². The monoisotopic (exact) mass is 353 g/mol. The van der Waals surface area contributed by atoms with Gasteiger partial charge in [0.2, 0.25) is 0 Å². The molecule has 1 saturated heterocycles. The van der Waals surface area contributed by atoms with Crippen LogP contribution in [0.3, 0.4) is 0 Å². The number of hydrogen-bond acceptors (Lipinski definition) is 2. The summed E-state index contributed by atoms with van der Waals surface area (Å²) in [6, 6.07) is 2.62. The summed E-state index contributed by atoms with van der Waals surface area (Å²) in [5, 5.41) is 4.33. The maximum Gasteiger partial charge on any atom is 0.193 e. The van der Waals surface area contributed by atoms with Crippen LogP contribution in [0.1, 0.15) is 32.4 Å². The minimum atomic E-state index is 0.613.